The lowest BCUT2D eigenvalue weighted by atomic mass is 10.0. The first-order chi connectivity index (χ1) is 11.3. The van der Waals surface area contributed by atoms with Crippen molar-refractivity contribution >= 4 is 5.91 Å². The van der Waals surface area contributed by atoms with Crippen LogP contribution in [0.25, 0.3) is 0 Å². The predicted octanol–water partition coefficient (Wildman–Crippen LogP) is 3.59. The van der Waals surface area contributed by atoms with Gasteiger partial charge in [-0.2, -0.15) is 0 Å². The molecule has 0 radical (unpaired) electrons. The molecule has 3 rings (SSSR count). The average Bonchev–Trinajstić information content (AvgIpc) is 3.09. The maximum absolute atomic E-state index is 12.3. The van der Waals surface area contributed by atoms with E-state index in [9.17, 15) is 4.79 Å². The molecule has 1 aliphatic carbocycles. The smallest absolute Gasteiger partial charge is 0.223 e. The number of amides is 1. The first-order valence-corrected chi connectivity index (χ1v) is 8.91. The van der Waals surface area contributed by atoms with Gasteiger partial charge in [0, 0.05) is 19.5 Å². The first-order valence-electron chi connectivity index (χ1n) is 8.91. The van der Waals surface area contributed by atoms with Crippen LogP contribution in [-0.2, 0) is 16.0 Å². The van der Waals surface area contributed by atoms with Crippen LogP contribution in [0, 0.1) is 5.92 Å². The summed E-state index contributed by atoms with van der Waals surface area (Å²) in [6.45, 7) is 2.48. The third-order valence-corrected chi connectivity index (χ3v) is 4.93. The van der Waals surface area contributed by atoms with Crippen LogP contribution in [0.4, 0.5) is 0 Å². The Bertz CT molecular complexity index is 518. The van der Waals surface area contributed by atoms with E-state index in [1.807, 2.05) is 11.0 Å². The largest absolute Gasteiger partial charge is 0.378 e. The van der Waals surface area contributed by atoms with Crippen molar-refractivity contribution in [1.82, 2.24) is 4.90 Å². The molecule has 1 aliphatic heterocycles. The van der Waals surface area contributed by atoms with Gasteiger partial charge >= 0.3 is 0 Å². The molecule has 1 aromatic rings. The average molecular weight is 313 g/mol. The lowest BCUT2D eigenvalue weighted by Gasteiger charge is -2.32. The van der Waals surface area contributed by atoms with Gasteiger partial charge in [-0.25, -0.2) is 0 Å². The summed E-state index contributed by atoms with van der Waals surface area (Å²) < 4.78 is 6.00. The van der Waals surface area contributed by atoms with Gasteiger partial charge < -0.3 is 9.64 Å². The molecule has 3 nitrogen and oxygen atoms in total. The fourth-order valence-corrected chi connectivity index (χ4v) is 3.48. The van der Waals surface area contributed by atoms with Gasteiger partial charge in [0.25, 0.3) is 0 Å². The highest BCUT2D eigenvalue weighted by atomic mass is 16.5. The van der Waals surface area contributed by atoms with Crippen molar-refractivity contribution in [2.45, 2.75) is 44.6 Å². The minimum atomic E-state index is 0.314. The van der Waals surface area contributed by atoms with E-state index in [4.69, 9.17) is 4.74 Å². The molecule has 124 valence electrons. The van der Waals surface area contributed by atoms with Crippen LogP contribution >= 0.6 is 0 Å². The van der Waals surface area contributed by atoms with E-state index in [1.165, 1.54) is 5.56 Å². The van der Waals surface area contributed by atoms with Crippen LogP contribution < -0.4 is 0 Å². The molecule has 23 heavy (non-hydrogen) atoms. The molecule has 0 spiro atoms. The van der Waals surface area contributed by atoms with Gasteiger partial charge in [-0.05, 0) is 43.6 Å². The number of carbonyl (C=O) groups excluding carboxylic acids is 1. The standard InChI is InChI=1S/C20H27NO2/c22-20(16-18-8-4-5-9-18)21-13-10-19(11-14-21)23-15-12-17-6-2-1-3-7-17/h1-4,6-8,18-19H,5,9-16H2. The summed E-state index contributed by atoms with van der Waals surface area (Å²) in [5.74, 6) is 0.798. The quantitative estimate of drug-likeness (QED) is 0.751. The molecule has 1 atom stereocenters. The van der Waals surface area contributed by atoms with Crippen LogP contribution in [0.15, 0.2) is 42.5 Å². The third kappa shape index (κ3) is 4.93. The molecule has 2 aliphatic rings. The lowest BCUT2D eigenvalue weighted by Crippen LogP contribution is -2.41. The Labute approximate surface area is 139 Å². The van der Waals surface area contributed by atoms with Crippen molar-refractivity contribution in [3.8, 4) is 0 Å². The van der Waals surface area contributed by atoms with E-state index >= 15 is 0 Å². The van der Waals surface area contributed by atoms with E-state index in [0.717, 1.165) is 51.8 Å². The monoisotopic (exact) mass is 313 g/mol. The van der Waals surface area contributed by atoms with Crippen LogP contribution in [0.5, 0.6) is 0 Å². The highest BCUT2D eigenvalue weighted by Gasteiger charge is 2.24. The summed E-state index contributed by atoms with van der Waals surface area (Å²) in [7, 11) is 0. The highest BCUT2D eigenvalue weighted by molar-refractivity contribution is 5.76. The van der Waals surface area contributed by atoms with Crippen molar-refractivity contribution < 1.29 is 9.53 Å². The Hall–Kier alpha value is -1.61. The van der Waals surface area contributed by atoms with Gasteiger partial charge in [-0.3, -0.25) is 4.79 Å². The number of hydrogen-bond donors (Lipinski definition) is 0. The van der Waals surface area contributed by atoms with Gasteiger partial charge in [-0.15, -0.1) is 0 Å². The number of likely N-dealkylation sites (tertiary alicyclic amines) is 1. The molecule has 1 saturated heterocycles. The highest BCUT2D eigenvalue weighted by Crippen LogP contribution is 2.23. The fourth-order valence-electron chi connectivity index (χ4n) is 3.48. The number of carbonyl (C=O) groups is 1. The van der Waals surface area contributed by atoms with E-state index in [-0.39, 0.29) is 0 Å². The van der Waals surface area contributed by atoms with Crippen LogP contribution in [0.2, 0.25) is 0 Å². The number of nitrogens with zero attached hydrogens (tertiary/aromatic N) is 1. The molecule has 1 fully saturated rings. The zero-order chi connectivity index (χ0) is 15.9. The topological polar surface area (TPSA) is 29.5 Å². The molecule has 1 heterocycles. The molecule has 3 heteroatoms. The number of piperidine rings is 1. The number of ether oxygens (including phenoxy) is 1. The van der Waals surface area contributed by atoms with Crippen molar-refractivity contribution in [1.29, 1.82) is 0 Å². The fraction of sp³-hybridized carbons (Fsp3) is 0.550. The Morgan fingerprint density at radius 2 is 1.91 bits per heavy atom. The summed E-state index contributed by atoms with van der Waals surface area (Å²) in [6.07, 6.45) is 10.6. The molecule has 1 amide bonds. The summed E-state index contributed by atoms with van der Waals surface area (Å²) in [4.78, 5) is 14.3. The molecular weight excluding hydrogens is 286 g/mol. The normalized spacial score (nSPS) is 21.7. The maximum Gasteiger partial charge on any atom is 0.223 e. The van der Waals surface area contributed by atoms with Gasteiger partial charge in [0.2, 0.25) is 5.91 Å². The molecule has 0 N–H and O–H groups in total. The number of hydrogen-bond acceptors (Lipinski definition) is 2. The lowest BCUT2D eigenvalue weighted by molar-refractivity contribution is -0.134. The molecular formula is C20H27NO2. The molecule has 1 aromatic carbocycles. The van der Waals surface area contributed by atoms with E-state index < -0.39 is 0 Å². The van der Waals surface area contributed by atoms with Crippen molar-refractivity contribution in [3.05, 3.63) is 48.0 Å². The van der Waals surface area contributed by atoms with Gasteiger partial charge in [0.1, 0.15) is 0 Å². The predicted molar refractivity (Wildman–Crippen MR) is 92.2 cm³/mol. The second kappa shape index (κ2) is 8.30. The third-order valence-electron chi connectivity index (χ3n) is 4.93. The molecule has 0 saturated carbocycles. The molecule has 0 aromatic heterocycles. The Morgan fingerprint density at radius 1 is 1.13 bits per heavy atom. The first kappa shape index (κ1) is 16.3. The van der Waals surface area contributed by atoms with Crippen LogP contribution in [-0.4, -0.2) is 36.6 Å². The summed E-state index contributed by atoms with van der Waals surface area (Å²) in [6, 6.07) is 10.5. The summed E-state index contributed by atoms with van der Waals surface area (Å²) >= 11 is 0. The Kier molecular flexibility index (Phi) is 5.87. The Morgan fingerprint density at radius 3 is 2.61 bits per heavy atom. The summed E-state index contributed by atoms with van der Waals surface area (Å²) in [5.41, 5.74) is 1.32. The zero-order valence-corrected chi connectivity index (χ0v) is 13.8. The molecule has 1 unspecified atom stereocenters. The second-order valence-corrected chi connectivity index (χ2v) is 6.66. The second-order valence-electron chi connectivity index (χ2n) is 6.66. The van der Waals surface area contributed by atoms with Crippen molar-refractivity contribution in [2.75, 3.05) is 19.7 Å². The van der Waals surface area contributed by atoms with E-state index in [1.54, 1.807) is 0 Å². The maximum atomic E-state index is 12.3. The van der Waals surface area contributed by atoms with E-state index in [0.29, 0.717) is 24.3 Å². The van der Waals surface area contributed by atoms with Gasteiger partial charge in [0.05, 0.1) is 12.7 Å². The van der Waals surface area contributed by atoms with Crippen molar-refractivity contribution in [2.24, 2.45) is 5.92 Å². The summed E-state index contributed by atoms with van der Waals surface area (Å²) in [5, 5.41) is 0. The number of rotatable bonds is 6. The van der Waals surface area contributed by atoms with Crippen LogP contribution in [0.1, 0.15) is 37.7 Å². The minimum absolute atomic E-state index is 0.314. The van der Waals surface area contributed by atoms with E-state index in [2.05, 4.69) is 36.4 Å². The molecule has 0 bridgehead atoms. The van der Waals surface area contributed by atoms with Gasteiger partial charge in [-0.1, -0.05) is 42.5 Å². The minimum Gasteiger partial charge on any atom is -0.378 e. The number of allylic oxidation sites excluding steroid dienone is 2. The zero-order valence-electron chi connectivity index (χ0n) is 13.8. The van der Waals surface area contributed by atoms with Gasteiger partial charge in [0.15, 0.2) is 0 Å². The van der Waals surface area contributed by atoms with Crippen LogP contribution in [0.3, 0.4) is 0 Å². The van der Waals surface area contributed by atoms with Crippen molar-refractivity contribution in [3.63, 3.8) is 0 Å². The SMILES string of the molecule is O=C(CC1C=CCC1)N1CCC(OCCc2ccccc2)CC1. The Balaban J connectivity index is 1.33. The number of benzene rings is 1.